The molecule has 8 nitrogen and oxygen atoms in total. The SMILES string of the molecule is COc1ccc(/C=N/n2cnnc2)cc1Cn1nnc2ccccc21. The number of hydrogen-bond donors (Lipinski definition) is 0. The van der Waals surface area contributed by atoms with Gasteiger partial charge in [0.05, 0.1) is 25.4 Å². The van der Waals surface area contributed by atoms with Gasteiger partial charge in [0.15, 0.2) is 0 Å². The van der Waals surface area contributed by atoms with Crippen LogP contribution >= 0.6 is 0 Å². The van der Waals surface area contributed by atoms with Crippen LogP contribution in [0.25, 0.3) is 11.0 Å². The average Bonchev–Trinajstić information content (AvgIpc) is 3.30. The number of hydrogen-bond acceptors (Lipinski definition) is 6. The number of rotatable bonds is 5. The largest absolute Gasteiger partial charge is 0.496 e. The Kier molecular flexibility index (Phi) is 3.91. The van der Waals surface area contributed by atoms with Gasteiger partial charge in [0.1, 0.15) is 23.9 Å². The van der Waals surface area contributed by atoms with Crippen molar-refractivity contribution in [3.8, 4) is 5.75 Å². The molecular formula is C17H15N7O. The van der Waals surface area contributed by atoms with E-state index < -0.39 is 0 Å². The second-order valence-electron chi connectivity index (χ2n) is 5.39. The number of ether oxygens (including phenoxy) is 1. The van der Waals surface area contributed by atoms with E-state index in [0.717, 1.165) is 27.9 Å². The summed E-state index contributed by atoms with van der Waals surface area (Å²) < 4.78 is 8.87. The molecule has 8 heteroatoms. The zero-order valence-electron chi connectivity index (χ0n) is 13.5. The Balaban J connectivity index is 1.66. The first-order valence-corrected chi connectivity index (χ1v) is 7.67. The van der Waals surface area contributed by atoms with Gasteiger partial charge in [0.25, 0.3) is 0 Å². The third-order valence-electron chi connectivity index (χ3n) is 3.79. The summed E-state index contributed by atoms with van der Waals surface area (Å²) in [5, 5.41) is 20.1. The molecule has 124 valence electrons. The molecule has 25 heavy (non-hydrogen) atoms. The molecule has 0 bridgehead atoms. The molecule has 0 fully saturated rings. The zero-order chi connectivity index (χ0) is 17.1. The van der Waals surface area contributed by atoms with Crippen molar-refractivity contribution in [3.05, 3.63) is 66.2 Å². The Labute approximate surface area is 143 Å². The smallest absolute Gasteiger partial charge is 0.141 e. The van der Waals surface area contributed by atoms with E-state index >= 15 is 0 Å². The Hall–Kier alpha value is -3.55. The standard InChI is InChI=1S/C17H15N7O/c1-25-17-7-6-13(9-20-23-11-18-19-12-23)8-14(17)10-24-16-5-3-2-4-15(16)21-22-24/h2-9,11-12H,10H2,1H3/b20-9+. The van der Waals surface area contributed by atoms with Gasteiger partial charge < -0.3 is 4.74 Å². The molecule has 0 aliphatic rings. The van der Waals surface area contributed by atoms with Crippen LogP contribution in [0.15, 0.2) is 60.2 Å². The van der Waals surface area contributed by atoms with Crippen LogP contribution < -0.4 is 4.74 Å². The van der Waals surface area contributed by atoms with Gasteiger partial charge in [-0.15, -0.1) is 15.3 Å². The third kappa shape index (κ3) is 3.09. The van der Waals surface area contributed by atoms with E-state index in [1.54, 1.807) is 13.3 Å². The van der Waals surface area contributed by atoms with Crippen LogP contribution in [0.2, 0.25) is 0 Å². The fraction of sp³-hybridized carbons (Fsp3) is 0.118. The van der Waals surface area contributed by atoms with E-state index in [9.17, 15) is 0 Å². The lowest BCUT2D eigenvalue weighted by molar-refractivity contribution is 0.407. The predicted octanol–water partition coefficient (Wildman–Crippen LogP) is 1.96. The summed E-state index contributed by atoms with van der Waals surface area (Å²) in [5.74, 6) is 0.793. The van der Waals surface area contributed by atoms with E-state index in [1.165, 1.54) is 17.3 Å². The van der Waals surface area contributed by atoms with E-state index in [-0.39, 0.29) is 0 Å². The van der Waals surface area contributed by atoms with Crippen molar-refractivity contribution >= 4 is 17.2 Å². The van der Waals surface area contributed by atoms with Gasteiger partial charge in [-0.1, -0.05) is 17.3 Å². The molecule has 0 amide bonds. The van der Waals surface area contributed by atoms with Crippen LogP contribution in [-0.4, -0.2) is 43.2 Å². The van der Waals surface area contributed by atoms with Crippen molar-refractivity contribution in [2.24, 2.45) is 5.10 Å². The molecule has 2 heterocycles. The highest BCUT2D eigenvalue weighted by Gasteiger charge is 2.09. The quantitative estimate of drug-likeness (QED) is 0.521. The summed E-state index contributed by atoms with van der Waals surface area (Å²) in [6.45, 7) is 0.554. The lowest BCUT2D eigenvalue weighted by Crippen LogP contribution is -2.04. The van der Waals surface area contributed by atoms with Crippen LogP contribution in [0, 0.1) is 0 Å². The van der Waals surface area contributed by atoms with Crippen LogP contribution in [0.1, 0.15) is 11.1 Å². The van der Waals surface area contributed by atoms with E-state index in [4.69, 9.17) is 4.74 Å². The van der Waals surface area contributed by atoms with Gasteiger partial charge in [-0.05, 0) is 35.9 Å². The molecule has 0 atom stereocenters. The minimum absolute atomic E-state index is 0.554. The van der Waals surface area contributed by atoms with Gasteiger partial charge in [-0.25, -0.2) is 9.36 Å². The maximum atomic E-state index is 5.48. The summed E-state index contributed by atoms with van der Waals surface area (Å²) in [6, 6.07) is 13.7. The van der Waals surface area contributed by atoms with Crippen LogP contribution in [0.4, 0.5) is 0 Å². The Morgan fingerprint density at radius 3 is 2.80 bits per heavy atom. The summed E-state index contributed by atoms with van der Waals surface area (Å²) in [5.41, 5.74) is 3.78. The summed E-state index contributed by atoms with van der Waals surface area (Å²) in [6.07, 6.45) is 4.80. The van der Waals surface area contributed by atoms with Crippen molar-refractivity contribution in [3.63, 3.8) is 0 Å². The van der Waals surface area contributed by atoms with Gasteiger partial charge in [-0.2, -0.15) is 5.10 Å². The number of benzene rings is 2. The van der Waals surface area contributed by atoms with Crippen molar-refractivity contribution in [2.75, 3.05) is 7.11 Å². The number of methoxy groups -OCH3 is 1. The number of fused-ring (bicyclic) bond motifs is 1. The van der Waals surface area contributed by atoms with E-state index in [2.05, 4.69) is 25.6 Å². The molecule has 0 saturated heterocycles. The molecule has 0 aliphatic carbocycles. The van der Waals surface area contributed by atoms with E-state index in [1.807, 2.05) is 47.1 Å². The van der Waals surface area contributed by atoms with Gasteiger partial charge in [0.2, 0.25) is 0 Å². The van der Waals surface area contributed by atoms with Crippen LogP contribution in [0.5, 0.6) is 5.75 Å². The zero-order valence-corrected chi connectivity index (χ0v) is 13.5. The highest BCUT2D eigenvalue weighted by Crippen LogP contribution is 2.22. The first-order valence-electron chi connectivity index (χ1n) is 7.67. The second-order valence-corrected chi connectivity index (χ2v) is 5.39. The molecule has 4 aromatic rings. The molecule has 2 aromatic heterocycles. The minimum atomic E-state index is 0.554. The Morgan fingerprint density at radius 1 is 1.12 bits per heavy atom. The molecule has 0 aliphatic heterocycles. The lowest BCUT2D eigenvalue weighted by Gasteiger charge is -2.10. The molecule has 0 unspecified atom stereocenters. The highest BCUT2D eigenvalue weighted by atomic mass is 16.5. The van der Waals surface area contributed by atoms with Crippen molar-refractivity contribution < 1.29 is 4.74 Å². The molecule has 0 spiro atoms. The highest BCUT2D eigenvalue weighted by molar-refractivity contribution is 5.80. The van der Waals surface area contributed by atoms with Gasteiger partial charge in [0, 0.05) is 5.56 Å². The van der Waals surface area contributed by atoms with Crippen molar-refractivity contribution in [2.45, 2.75) is 6.54 Å². The normalized spacial score (nSPS) is 11.4. The molecule has 0 radical (unpaired) electrons. The molecule has 2 aromatic carbocycles. The summed E-state index contributed by atoms with van der Waals surface area (Å²) in [4.78, 5) is 0. The fourth-order valence-electron chi connectivity index (χ4n) is 2.59. The maximum absolute atomic E-state index is 5.48. The van der Waals surface area contributed by atoms with Gasteiger partial charge in [-0.3, -0.25) is 0 Å². The minimum Gasteiger partial charge on any atom is -0.496 e. The summed E-state index contributed by atoms with van der Waals surface area (Å²) in [7, 11) is 1.66. The second kappa shape index (κ2) is 6.52. The lowest BCUT2D eigenvalue weighted by atomic mass is 10.1. The first-order chi connectivity index (χ1) is 12.3. The Morgan fingerprint density at radius 2 is 1.96 bits per heavy atom. The predicted molar refractivity (Wildman–Crippen MR) is 92.6 cm³/mol. The van der Waals surface area contributed by atoms with Crippen LogP contribution in [0.3, 0.4) is 0 Å². The number of para-hydroxylation sites is 1. The summed E-state index contributed by atoms with van der Waals surface area (Å²) >= 11 is 0. The molecular weight excluding hydrogens is 318 g/mol. The monoisotopic (exact) mass is 333 g/mol. The molecule has 4 rings (SSSR count). The van der Waals surface area contributed by atoms with Crippen molar-refractivity contribution in [1.82, 2.24) is 29.9 Å². The number of nitrogens with zero attached hydrogens (tertiary/aromatic N) is 7. The van der Waals surface area contributed by atoms with Gasteiger partial charge >= 0.3 is 0 Å². The average molecular weight is 333 g/mol. The maximum Gasteiger partial charge on any atom is 0.141 e. The molecule has 0 saturated carbocycles. The topological polar surface area (TPSA) is 83.0 Å². The fourth-order valence-corrected chi connectivity index (χ4v) is 2.59. The third-order valence-corrected chi connectivity index (χ3v) is 3.79. The Bertz CT molecular complexity index is 1020. The van der Waals surface area contributed by atoms with Crippen molar-refractivity contribution in [1.29, 1.82) is 0 Å². The van der Waals surface area contributed by atoms with E-state index in [0.29, 0.717) is 6.54 Å². The number of aromatic nitrogens is 6. The van der Waals surface area contributed by atoms with Crippen LogP contribution in [-0.2, 0) is 6.54 Å². The first kappa shape index (κ1) is 15.0. The molecule has 0 N–H and O–H groups in total.